The Hall–Kier alpha value is -1.13. The van der Waals surface area contributed by atoms with Gasteiger partial charge in [0.2, 0.25) is 0 Å². The molecule has 1 aromatic heterocycles. The Balaban J connectivity index is 2.75. The molecule has 1 rings (SSSR count). The maximum atomic E-state index is 11.0. The summed E-state index contributed by atoms with van der Waals surface area (Å²) in [7, 11) is 1.33. The Morgan fingerprint density at radius 1 is 1.69 bits per heavy atom. The number of carbonyl (C=O) groups is 1. The topological polar surface area (TPSA) is 51.2 Å². The highest BCUT2D eigenvalue weighted by Crippen LogP contribution is 2.01. The molecule has 1 aromatic rings. The molecule has 4 nitrogen and oxygen atoms in total. The third kappa shape index (κ3) is 2.68. The van der Waals surface area contributed by atoms with Crippen molar-refractivity contribution in [1.29, 1.82) is 0 Å². The Morgan fingerprint density at radius 3 is 2.92 bits per heavy atom. The summed E-state index contributed by atoms with van der Waals surface area (Å²) in [6.45, 7) is 0.461. The summed E-state index contributed by atoms with van der Waals surface area (Å²) < 4.78 is 4.52. The lowest BCUT2D eigenvalue weighted by atomic mass is 10.2. The number of nitrogens with one attached hydrogen (secondary N) is 1. The van der Waals surface area contributed by atoms with Crippen molar-refractivity contribution in [2.45, 2.75) is 6.54 Å². The van der Waals surface area contributed by atoms with Gasteiger partial charge in [0.15, 0.2) is 0 Å². The molecule has 0 bridgehead atoms. The first-order chi connectivity index (χ1) is 6.27. The lowest BCUT2D eigenvalue weighted by Crippen LogP contribution is -2.05. The molecular weight excluding hydrogens is 192 g/mol. The van der Waals surface area contributed by atoms with Gasteiger partial charge in [0.25, 0.3) is 0 Å². The molecule has 5 heteroatoms. The van der Waals surface area contributed by atoms with E-state index in [0.29, 0.717) is 12.1 Å². The van der Waals surface area contributed by atoms with Gasteiger partial charge in [-0.05, 0) is 23.9 Å². The first-order valence-electron chi connectivity index (χ1n) is 3.64. The van der Waals surface area contributed by atoms with Crippen LogP contribution in [0.4, 0.5) is 0 Å². The minimum Gasteiger partial charge on any atom is -0.465 e. The van der Waals surface area contributed by atoms with Crippen LogP contribution in [0.3, 0.4) is 0 Å². The van der Waals surface area contributed by atoms with E-state index < -0.39 is 5.97 Å². The van der Waals surface area contributed by atoms with Crippen LogP contribution in [0.2, 0.25) is 0 Å². The number of hydrogen-bond donors (Lipinski definition) is 1. The van der Waals surface area contributed by atoms with Crippen LogP contribution in [0.1, 0.15) is 16.1 Å². The van der Waals surface area contributed by atoms with E-state index in [4.69, 9.17) is 11.8 Å². The van der Waals surface area contributed by atoms with Gasteiger partial charge in [-0.1, -0.05) is 0 Å². The van der Waals surface area contributed by atoms with Gasteiger partial charge in [-0.25, -0.2) is 9.63 Å². The first kappa shape index (κ1) is 9.95. The third-order valence-electron chi connectivity index (χ3n) is 1.49. The molecule has 0 fully saturated rings. The van der Waals surface area contributed by atoms with Crippen LogP contribution in [-0.4, -0.2) is 18.1 Å². The fourth-order valence-electron chi connectivity index (χ4n) is 0.836. The molecule has 0 radical (unpaired) electrons. The quantitative estimate of drug-likeness (QED) is 0.587. The van der Waals surface area contributed by atoms with Crippen molar-refractivity contribution in [2.24, 2.45) is 0 Å². The number of hydrogen-bond acceptors (Lipinski definition) is 4. The maximum Gasteiger partial charge on any atom is 0.339 e. The molecule has 0 amide bonds. The van der Waals surface area contributed by atoms with E-state index in [1.165, 1.54) is 13.3 Å². The van der Waals surface area contributed by atoms with Gasteiger partial charge in [0.1, 0.15) is 0 Å². The van der Waals surface area contributed by atoms with E-state index >= 15 is 0 Å². The zero-order valence-corrected chi connectivity index (χ0v) is 7.84. The number of carbonyl (C=O) groups excluding carboxylic acids is 1. The van der Waals surface area contributed by atoms with Crippen molar-refractivity contribution in [3.63, 3.8) is 0 Å². The number of aromatic nitrogens is 1. The van der Waals surface area contributed by atoms with Crippen LogP contribution < -0.4 is 4.84 Å². The monoisotopic (exact) mass is 200 g/mol. The first-order valence-corrected chi connectivity index (χ1v) is 4.02. The van der Waals surface area contributed by atoms with E-state index in [2.05, 4.69) is 14.6 Å². The molecule has 1 N–H and O–H groups in total. The number of pyridine rings is 1. The molecule has 0 aliphatic rings. The Kier molecular flexibility index (Phi) is 3.67. The molecule has 70 valence electrons. The Bertz CT molecular complexity index is 287. The summed E-state index contributed by atoms with van der Waals surface area (Å²) in [5, 5.41) is 0. The summed E-state index contributed by atoms with van der Waals surface area (Å²) in [5.74, 6) is -0.391. The molecule has 0 atom stereocenters. The Morgan fingerprint density at radius 2 is 2.46 bits per heavy atom. The minimum atomic E-state index is -0.391. The minimum absolute atomic E-state index is 0.391. The molecule has 0 saturated heterocycles. The van der Waals surface area contributed by atoms with Crippen molar-refractivity contribution in [3.8, 4) is 0 Å². The zero-order chi connectivity index (χ0) is 9.68. The van der Waals surface area contributed by atoms with Gasteiger partial charge >= 0.3 is 5.97 Å². The lowest BCUT2D eigenvalue weighted by Gasteiger charge is -2.00. The number of esters is 1. The predicted octanol–water partition coefficient (Wildman–Crippen LogP) is 1.11. The normalized spacial score (nSPS) is 9.69. The number of nitrogens with zero attached hydrogens (tertiary/aromatic N) is 1. The largest absolute Gasteiger partial charge is 0.465 e. The molecule has 0 saturated carbocycles. The average Bonchev–Trinajstić information content (AvgIpc) is 2.18. The maximum absolute atomic E-state index is 11.0. The van der Waals surface area contributed by atoms with Crippen LogP contribution in [0, 0.1) is 0 Å². The Labute approximate surface area is 81.0 Å². The van der Waals surface area contributed by atoms with E-state index in [1.807, 2.05) is 0 Å². The molecule has 0 spiro atoms. The number of ether oxygens (including phenoxy) is 1. The van der Waals surface area contributed by atoms with Crippen LogP contribution in [0.15, 0.2) is 18.3 Å². The molecule has 1 heterocycles. The standard InChI is InChI=1S/C8H9ClN2O2/c1-13-8(12)6-2-3-7(5-11-9)10-4-6/h2-4,11H,5H2,1H3. The van der Waals surface area contributed by atoms with Crippen molar-refractivity contribution in [2.75, 3.05) is 7.11 Å². The van der Waals surface area contributed by atoms with Gasteiger partial charge in [-0.15, -0.1) is 0 Å². The smallest absolute Gasteiger partial charge is 0.339 e. The van der Waals surface area contributed by atoms with Crippen LogP contribution in [-0.2, 0) is 11.3 Å². The number of rotatable bonds is 3. The van der Waals surface area contributed by atoms with Crippen molar-refractivity contribution in [3.05, 3.63) is 29.6 Å². The van der Waals surface area contributed by atoms with Gasteiger partial charge in [-0.2, -0.15) is 0 Å². The van der Waals surface area contributed by atoms with Crippen molar-refractivity contribution >= 4 is 17.7 Å². The molecule has 0 aliphatic heterocycles. The molecule has 0 aliphatic carbocycles. The van der Waals surface area contributed by atoms with Gasteiger partial charge in [-0.3, -0.25) is 4.98 Å². The number of halogens is 1. The zero-order valence-electron chi connectivity index (χ0n) is 7.08. The van der Waals surface area contributed by atoms with Gasteiger partial charge in [0.05, 0.1) is 24.9 Å². The lowest BCUT2D eigenvalue weighted by molar-refractivity contribution is 0.0600. The van der Waals surface area contributed by atoms with E-state index in [0.717, 1.165) is 5.69 Å². The second kappa shape index (κ2) is 4.79. The molecule has 13 heavy (non-hydrogen) atoms. The molecular formula is C8H9ClN2O2. The predicted molar refractivity (Wildman–Crippen MR) is 48.3 cm³/mol. The van der Waals surface area contributed by atoms with Gasteiger partial charge in [0, 0.05) is 6.20 Å². The highest BCUT2D eigenvalue weighted by atomic mass is 35.5. The van der Waals surface area contributed by atoms with Crippen LogP contribution in [0.25, 0.3) is 0 Å². The van der Waals surface area contributed by atoms with E-state index in [1.54, 1.807) is 12.1 Å². The second-order valence-electron chi connectivity index (χ2n) is 2.34. The highest BCUT2D eigenvalue weighted by Gasteiger charge is 2.04. The fraction of sp³-hybridized carbons (Fsp3) is 0.250. The second-order valence-corrected chi connectivity index (χ2v) is 2.61. The molecule has 0 aromatic carbocycles. The van der Waals surface area contributed by atoms with Gasteiger partial charge < -0.3 is 4.74 Å². The summed E-state index contributed by atoms with van der Waals surface area (Å²) >= 11 is 5.28. The van der Waals surface area contributed by atoms with Crippen molar-refractivity contribution < 1.29 is 9.53 Å². The summed E-state index contributed by atoms with van der Waals surface area (Å²) in [6, 6.07) is 3.35. The summed E-state index contributed by atoms with van der Waals surface area (Å²) in [4.78, 5) is 17.4. The SMILES string of the molecule is COC(=O)c1ccc(CNCl)nc1. The summed E-state index contributed by atoms with van der Waals surface area (Å²) in [6.07, 6.45) is 1.45. The average molecular weight is 201 g/mol. The number of methoxy groups -OCH3 is 1. The van der Waals surface area contributed by atoms with E-state index in [9.17, 15) is 4.79 Å². The van der Waals surface area contributed by atoms with E-state index in [-0.39, 0.29) is 0 Å². The van der Waals surface area contributed by atoms with Crippen LogP contribution >= 0.6 is 11.8 Å². The van der Waals surface area contributed by atoms with Crippen molar-refractivity contribution in [1.82, 2.24) is 9.82 Å². The summed E-state index contributed by atoms with van der Waals surface area (Å²) in [5.41, 5.74) is 1.20. The van der Waals surface area contributed by atoms with Crippen LogP contribution in [0.5, 0.6) is 0 Å². The fourth-order valence-corrected chi connectivity index (χ4v) is 0.973. The molecule has 0 unspecified atom stereocenters. The highest BCUT2D eigenvalue weighted by molar-refractivity contribution is 6.13. The third-order valence-corrected chi connectivity index (χ3v) is 1.63.